The third-order valence-electron chi connectivity index (χ3n) is 13.3. The van der Waals surface area contributed by atoms with Crippen molar-refractivity contribution in [1.29, 1.82) is 0 Å². The molecule has 9 fully saturated rings. The Hall–Kier alpha value is -1.11. The molecule has 0 aromatic heterocycles. The van der Waals surface area contributed by atoms with E-state index >= 15 is 0 Å². The maximum absolute atomic E-state index is 14.4. The lowest BCUT2D eigenvalue weighted by atomic mass is 9.61. The number of ketones is 1. The first-order valence-electron chi connectivity index (χ1n) is 12.4. The van der Waals surface area contributed by atoms with Crippen LogP contribution >= 0.6 is 0 Å². The predicted octanol–water partition coefficient (Wildman–Crippen LogP) is 4.32. The molecule has 1 nitrogen and oxygen atoms in total. The minimum Gasteiger partial charge on any atom is -0.299 e. The van der Waals surface area contributed by atoms with E-state index in [1.165, 1.54) is 24.8 Å². The summed E-state index contributed by atoms with van der Waals surface area (Å²) in [5, 5.41) is 0. The molecule has 1 aromatic rings. The van der Waals surface area contributed by atoms with Gasteiger partial charge < -0.3 is 0 Å². The third kappa shape index (κ3) is 1.01. The van der Waals surface area contributed by atoms with E-state index in [4.69, 9.17) is 0 Å². The van der Waals surface area contributed by atoms with E-state index in [0.29, 0.717) is 5.92 Å². The van der Waals surface area contributed by atoms with Crippen LogP contribution in [0.4, 0.5) is 0 Å². The molecule has 0 bridgehead atoms. The van der Waals surface area contributed by atoms with Crippen molar-refractivity contribution < 1.29 is 4.79 Å². The van der Waals surface area contributed by atoms with Gasteiger partial charge in [0.15, 0.2) is 0 Å². The Morgan fingerprint density at radius 2 is 1.43 bits per heavy atom. The van der Waals surface area contributed by atoms with Gasteiger partial charge in [-0.3, -0.25) is 4.79 Å². The summed E-state index contributed by atoms with van der Waals surface area (Å²) in [5.41, 5.74) is 1.52. The lowest BCUT2D eigenvalue weighted by molar-refractivity contribution is -0.134. The molecule has 1 aromatic carbocycles. The molecule has 0 unspecified atom stereocenters. The lowest BCUT2D eigenvalue weighted by Crippen LogP contribution is -2.44. The smallest absolute Gasteiger partial charge is 0.143 e. The van der Waals surface area contributed by atoms with Crippen LogP contribution in [-0.4, -0.2) is 5.78 Å². The maximum Gasteiger partial charge on any atom is 0.143 e. The van der Waals surface area contributed by atoms with Crippen molar-refractivity contribution in [3.8, 4) is 0 Å². The van der Waals surface area contributed by atoms with E-state index in [1.807, 2.05) is 0 Å². The van der Waals surface area contributed by atoms with Gasteiger partial charge in [0, 0.05) is 11.3 Å². The first-order chi connectivity index (χ1) is 13.8. The van der Waals surface area contributed by atoms with Gasteiger partial charge in [0.25, 0.3) is 0 Å². The Kier molecular flexibility index (Phi) is 1.90. The van der Waals surface area contributed by atoms with Gasteiger partial charge in [0.1, 0.15) is 5.78 Å². The van der Waals surface area contributed by atoms with Crippen molar-refractivity contribution in [1.82, 2.24) is 0 Å². The topological polar surface area (TPSA) is 17.1 Å². The summed E-state index contributed by atoms with van der Waals surface area (Å²) in [7, 11) is 0. The van der Waals surface area contributed by atoms with Gasteiger partial charge in [0.05, 0.1) is 0 Å². The van der Waals surface area contributed by atoms with Gasteiger partial charge in [-0.1, -0.05) is 30.3 Å². The monoisotopic (exact) mass is 368 g/mol. The quantitative estimate of drug-likeness (QED) is 0.760. The normalized spacial score (nSPS) is 71.1. The average molecular weight is 369 g/mol. The zero-order valence-corrected chi connectivity index (χ0v) is 16.3. The van der Waals surface area contributed by atoms with Crippen LogP contribution in [-0.2, 0) is 11.2 Å². The number of carbonyl (C=O) groups excluding carboxylic acids is 1. The van der Waals surface area contributed by atoms with E-state index in [1.54, 1.807) is 0 Å². The van der Waals surface area contributed by atoms with E-state index in [-0.39, 0.29) is 5.41 Å². The number of rotatable bonds is 2. The predicted molar refractivity (Wildman–Crippen MR) is 104 cm³/mol. The molecule has 1 heteroatoms. The van der Waals surface area contributed by atoms with Crippen LogP contribution in [0.2, 0.25) is 0 Å². The highest BCUT2D eigenvalue weighted by molar-refractivity contribution is 5.93. The first kappa shape index (κ1) is 14.0. The maximum atomic E-state index is 14.4. The zero-order chi connectivity index (χ0) is 17.7. The Morgan fingerprint density at radius 3 is 2.32 bits per heavy atom. The van der Waals surface area contributed by atoms with Gasteiger partial charge in [-0.05, 0) is 114 Å². The molecule has 9 aliphatic carbocycles. The largest absolute Gasteiger partial charge is 0.299 e. The van der Waals surface area contributed by atoms with Crippen molar-refractivity contribution in [3.05, 3.63) is 35.9 Å². The molecule has 16 atom stereocenters. The van der Waals surface area contributed by atoms with E-state index in [2.05, 4.69) is 30.3 Å². The molecule has 0 aliphatic heterocycles. The average Bonchev–Trinajstić information content (AvgIpc) is 3.47. The highest BCUT2D eigenvalue weighted by Crippen LogP contribution is 2.93. The van der Waals surface area contributed by atoms with E-state index in [0.717, 1.165) is 95.1 Å². The first-order valence-corrected chi connectivity index (χ1v) is 12.4. The molecule has 0 saturated heterocycles. The summed E-state index contributed by atoms with van der Waals surface area (Å²) in [4.78, 5) is 14.4. The van der Waals surface area contributed by atoms with Gasteiger partial charge in [0.2, 0.25) is 0 Å². The molecule has 0 radical (unpaired) electrons. The summed E-state index contributed by atoms with van der Waals surface area (Å²) in [6.07, 6.45) is 5.44. The van der Waals surface area contributed by atoms with Crippen LogP contribution < -0.4 is 0 Å². The van der Waals surface area contributed by atoms with Crippen LogP contribution in [0.5, 0.6) is 0 Å². The fourth-order valence-corrected chi connectivity index (χ4v) is 14.2. The summed E-state index contributed by atoms with van der Waals surface area (Å²) in [6.45, 7) is 0. The van der Waals surface area contributed by atoms with Crippen molar-refractivity contribution in [2.24, 2.45) is 94.2 Å². The standard InChI is InChI=1S/C27H28O/c28-26-14-8-13-16-11-6-7-12-15(11)20-19(16)21-17(13)18(14)25-23(21)22(20)24(12)27(25,26)9-10-4-2-1-3-5-10/h1-5,11-25H,6-9H2/t11-,12-,13-,14-,15-,16+,17+,18-,19-,20-,21+,22-,23+,24+,25-,27-/m1/s1. The number of hydrogen-bond acceptors (Lipinski definition) is 1. The van der Waals surface area contributed by atoms with Crippen molar-refractivity contribution in [3.63, 3.8) is 0 Å². The number of fused-ring (bicyclic) bond motifs is 4. The molecule has 10 rings (SSSR count). The molecule has 0 N–H and O–H groups in total. The number of hydrogen-bond donors (Lipinski definition) is 0. The Bertz CT molecular complexity index is 975. The van der Waals surface area contributed by atoms with Crippen LogP contribution in [0.1, 0.15) is 24.8 Å². The van der Waals surface area contributed by atoms with Crippen molar-refractivity contribution in [2.45, 2.75) is 25.7 Å². The molecule has 9 saturated carbocycles. The minimum absolute atomic E-state index is 0.0612. The Balaban J connectivity index is 1.29. The number of benzene rings is 1. The molecule has 142 valence electrons. The fourth-order valence-electron chi connectivity index (χ4n) is 14.2. The molecule has 0 heterocycles. The second kappa shape index (κ2) is 3.81. The Labute approximate surface area is 166 Å². The second-order valence-electron chi connectivity index (χ2n) is 12.7. The summed E-state index contributed by atoms with van der Waals surface area (Å²) >= 11 is 0. The number of Topliss-reactive ketones (excluding diaryl/α,β-unsaturated/α-hetero) is 1. The molecule has 0 spiro atoms. The fraction of sp³-hybridized carbons (Fsp3) is 0.741. The van der Waals surface area contributed by atoms with Crippen LogP contribution in [0.15, 0.2) is 30.3 Å². The zero-order valence-electron chi connectivity index (χ0n) is 16.3. The molecule has 9 aliphatic rings. The summed E-state index contributed by atoms with van der Waals surface area (Å²) < 4.78 is 0. The number of carbonyl (C=O) groups is 1. The van der Waals surface area contributed by atoms with E-state index < -0.39 is 0 Å². The SMILES string of the molecule is O=C1[C@@H]2C[C@@H]3[C@@H]4[C@@H]5CC[C@@H]6[C@@H]5[C@@H]5[C@@H]4[C@@H]4[C@@H]3[C@@H]2[C@@H]2[C@@H]4[C@@H]5[C@H]6[C@@]12Cc1ccccc1. The molecule has 28 heavy (non-hydrogen) atoms. The van der Waals surface area contributed by atoms with Crippen molar-refractivity contribution in [2.75, 3.05) is 0 Å². The summed E-state index contributed by atoms with van der Waals surface area (Å²) in [5.74, 6) is 15.0. The second-order valence-corrected chi connectivity index (χ2v) is 12.7. The van der Waals surface area contributed by atoms with E-state index in [9.17, 15) is 4.79 Å². The molecular weight excluding hydrogens is 340 g/mol. The summed E-state index contributed by atoms with van der Waals surface area (Å²) in [6, 6.07) is 11.2. The van der Waals surface area contributed by atoms with Crippen LogP contribution in [0.25, 0.3) is 0 Å². The molecule has 0 amide bonds. The van der Waals surface area contributed by atoms with Crippen LogP contribution in [0, 0.1) is 94.2 Å². The highest BCUT2D eigenvalue weighted by Gasteiger charge is 2.92. The van der Waals surface area contributed by atoms with Crippen molar-refractivity contribution >= 4 is 5.78 Å². The highest BCUT2D eigenvalue weighted by atomic mass is 16.1. The minimum atomic E-state index is 0.0612. The van der Waals surface area contributed by atoms with Gasteiger partial charge in [-0.15, -0.1) is 0 Å². The Morgan fingerprint density at radius 1 is 0.714 bits per heavy atom. The third-order valence-corrected chi connectivity index (χ3v) is 13.3. The van der Waals surface area contributed by atoms with Crippen LogP contribution in [0.3, 0.4) is 0 Å². The lowest BCUT2D eigenvalue weighted by Gasteiger charge is -2.41. The molecular formula is C27H28O. The van der Waals surface area contributed by atoms with Gasteiger partial charge in [-0.25, -0.2) is 0 Å². The van der Waals surface area contributed by atoms with Gasteiger partial charge in [-0.2, -0.15) is 0 Å². The van der Waals surface area contributed by atoms with Gasteiger partial charge >= 0.3 is 0 Å².